The molecule has 0 radical (unpaired) electrons. The van der Waals surface area contributed by atoms with E-state index in [2.05, 4.69) is 5.32 Å². The highest BCUT2D eigenvalue weighted by Crippen LogP contribution is 2.24. The minimum atomic E-state index is -3.75. The number of nitrogens with one attached hydrogen (secondary N) is 1. The van der Waals surface area contributed by atoms with E-state index in [0.29, 0.717) is 22.3 Å². The van der Waals surface area contributed by atoms with Crippen LogP contribution in [0.1, 0.15) is 19.8 Å². The van der Waals surface area contributed by atoms with Crippen molar-refractivity contribution in [3.05, 3.63) is 24.3 Å². The van der Waals surface area contributed by atoms with E-state index in [4.69, 9.17) is 4.74 Å². The van der Waals surface area contributed by atoms with Crippen molar-refractivity contribution in [2.24, 2.45) is 0 Å². The van der Waals surface area contributed by atoms with Crippen LogP contribution in [0.5, 0.6) is 5.75 Å². The summed E-state index contributed by atoms with van der Waals surface area (Å²) in [5.74, 6) is -0.385. The van der Waals surface area contributed by atoms with Gasteiger partial charge in [-0.25, -0.2) is 12.7 Å². The van der Waals surface area contributed by atoms with Crippen molar-refractivity contribution >= 4 is 27.5 Å². The van der Waals surface area contributed by atoms with Gasteiger partial charge >= 0.3 is 0 Å². The van der Waals surface area contributed by atoms with Crippen molar-refractivity contribution in [3.63, 3.8) is 0 Å². The molecule has 0 spiro atoms. The first-order chi connectivity index (χ1) is 10.3. The maximum Gasteiger partial charge on any atom is 0.248 e. The lowest BCUT2D eigenvalue weighted by Crippen LogP contribution is -2.44. The van der Waals surface area contributed by atoms with E-state index in [9.17, 15) is 18.0 Å². The first kappa shape index (κ1) is 16.3. The zero-order chi connectivity index (χ0) is 16.3. The molecule has 0 aliphatic carbocycles. The maximum atomic E-state index is 12.2. The smallest absolute Gasteiger partial charge is 0.248 e. The van der Waals surface area contributed by atoms with E-state index in [1.54, 1.807) is 24.3 Å². The highest BCUT2D eigenvalue weighted by molar-refractivity contribution is 7.89. The summed E-state index contributed by atoms with van der Waals surface area (Å²) in [7, 11) is -3.75. The van der Waals surface area contributed by atoms with Crippen molar-refractivity contribution in [2.75, 3.05) is 18.2 Å². The molecule has 1 aromatic rings. The van der Waals surface area contributed by atoms with Crippen LogP contribution in [0, 0.1) is 0 Å². The normalized spacial score (nSPS) is 18.4. The molecule has 2 amide bonds. The lowest BCUT2D eigenvalue weighted by molar-refractivity contribution is -0.128. The average Bonchev–Trinajstić information content (AvgIpc) is 2.83. The summed E-state index contributed by atoms with van der Waals surface area (Å²) in [6.07, 6.45) is 1.16. The molecule has 1 fully saturated rings. The van der Waals surface area contributed by atoms with E-state index >= 15 is 0 Å². The summed E-state index contributed by atoms with van der Waals surface area (Å²) in [5.41, 5.74) is 0.515. The number of hydrogen-bond acceptors (Lipinski definition) is 5. The number of carbonyl (C=O) groups is 2. The van der Waals surface area contributed by atoms with Crippen molar-refractivity contribution in [3.8, 4) is 5.75 Å². The van der Waals surface area contributed by atoms with Crippen LogP contribution in [0.3, 0.4) is 0 Å². The molecule has 1 aromatic carbocycles. The molecule has 0 aromatic heterocycles. The Morgan fingerprint density at radius 2 is 2.00 bits per heavy atom. The molecule has 0 bridgehead atoms. The van der Waals surface area contributed by atoms with Crippen LogP contribution in [0.4, 0.5) is 5.69 Å². The lowest BCUT2D eigenvalue weighted by atomic mass is 10.2. The molecule has 1 aliphatic heterocycles. The minimum absolute atomic E-state index is 0.0500. The Kier molecular flexibility index (Phi) is 4.70. The molecule has 7 nitrogen and oxygen atoms in total. The Labute approximate surface area is 129 Å². The number of ether oxygens (including phenoxy) is 1. The van der Waals surface area contributed by atoms with Crippen molar-refractivity contribution < 1.29 is 22.7 Å². The molecular formula is C14H18N2O5S. The number of amides is 2. The van der Waals surface area contributed by atoms with Gasteiger partial charge in [-0.2, -0.15) is 0 Å². The summed E-state index contributed by atoms with van der Waals surface area (Å²) >= 11 is 0. The molecule has 1 N–H and O–H groups in total. The number of nitrogens with zero attached hydrogens (tertiary/aromatic N) is 1. The summed E-state index contributed by atoms with van der Waals surface area (Å²) in [5, 5.41) is 2.62. The molecule has 1 unspecified atom stereocenters. The van der Waals surface area contributed by atoms with Gasteiger partial charge in [-0.05, 0) is 37.6 Å². The zero-order valence-electron chi connectivity index (χ0n) is 12.4. The third-order valence-electron chi connectivity index (χ3n) is 3.25. The monoisotopic (exact) mass is 326 g/mol. The molecule has 120 valence electrons. The zero-order valence-corrected chi connectivity index (χ0v) is 13.2. The number of anilines is 1. The first-order valence-corrected chi connectivity index (χ1v) is 8.73. The fraction of sp³-hybridized carbons (Fsp3) is 0.429. The fourth-order valence-corrected chi connectivity index (χ4v) is 3.47. The molecule has 1 atom stereocenters. The Morgan fingerprint density at radius 3 is 2.55 bits per heavy atom. The largest absolute Gasteiger partial charge is 0.494 e. The Bertz CT molecular complexity index is 669. The average molecular weight is 326 g/mol. The van der Waals surface area contributed by atoms with Gasteiger partial charge in [0.2, 0.25) is 21.8 Å². The van der Waals surface area contributed by atoms with Gasteiger partial charge in [0.15, 0.2) is 0 Å². The van der Waals surface area contributed by atoms with E-state index in [0.717, 1.165) is 6.26 Å². The molecule has 1 aliphatic rings. The number of carbonyl (C=O) groups excluding carboxylic acids is 2. The fourth-order valence-electron chi connectivity index (χ4n) is 2.34. The predicted octanol–water partition coefficient (Wildman–Crippen LogP) is 0.974. The standard InChI is InChI=1S/C14H18N2O5S/c1-3-21-11-6-4-10(5-7-11)15-14(18)12-8-9-13(17)16(12)22(2,19)20/h4-7,12H,3,8-9H2,1-2H3,(H,15,18). The number of rotatable bonds is 5. The summed E-state index contributed by atoms with van der Waals surface area (Å²) in [6, 6.07) is 5.73. The maximum absolute atomic E-state index is 12.2. The Hall–Kier alpha value is -2.09. The van der Waals surface area contributed by atoms with E-state index in [-0.39, 0.29) is 12.8 Å². The quantitative estimate of drug-likeness (QED) is 0.870. The van der Waals surface area contributed by atoms with Crippen LogP contribution < -0.4 is 10.1 Å². The number of hydrogen-bond donors (Lipinski definition) is 1. The molecule has 1 heterocycles. The van der Waals surface area contributed by atoms with E-state index in [1.165, 1.54) is 0 Å². The van der Waals surface area contributed by atoms with Gasteiger partial charge in [-0.3, -0.25) is 9.59 Å². The lowest BCUT2D eigenvalue weighted by Gasteiger charge is -2.21. The van der Waals surface area contributed by atoms with Crippen molar-refractivity contribution in [1.29, 1.82) is 0 Å². The van der Waals surface area contributed by atoms with Crippen LogP contribution in [0.2, 0.25) is 0 Å². The van der Waals surface area contributed by atoms with Gasteiger partial charge in [0, 0.05) is 12.1 Å². The Morgan fingerprint density at radius 1 is 1.36 bits per heavy atom. The van der Waals surface area contributed by atoms with Crippen LogP contribution in [0.25, 0.3) is 0 Å². The second-order valence-corrected chi connectivity index (χ2v) is 6.81. The van der Waals surface area contributed by atoms with Gasteiger partial charge in [0.25, 0.3) is 0 Å². The highest BCUT2D eigenvalue weighted by Gasteiger charge is 2.41. The van der Waals surface area contributed by atoms with E-state index in [1.807, 2.05) is 6.92 Å². The number of sulfonamides is 1. The molecule has 8 heteroatoms. The second kappa shape index (κ2) is 6.35. The summed E-state index contributed by atoms with van der Waals surface area (Å²) < 4.78 is 29.2. The van der Waals surface area contributed by atoms with Gasteiger partial charge in [-0.15, -0.1) is 0 Å². The third-order valence-corrected chi connectivity index (χ3v) is 4.43. The second-order valence-electron chi connectivity index (χ2n) is 4.95. The van der Waals surface area contributed by atoms with Crippen LogP contribution in [0.15, 0.2) is 24.3 Å². The first-order valence-electron chi connectivity index (χ1n) is 6.89. The van der Waals surface area contributed by atoms with E-state index < -0.39 is 27.9 Å². The van der Waals surface area contributed by atoms with Gasteiger partial charge < -0.3 is 10.1 Å². The van der Waals surface area contributed by atoms with Crippen LogP contribution in [-0.2, 0) is 19.6 Å². The van der Waals surface area contributed by atoms with Gasteiger partial charge in [-0.1, -0.05) is 0 Å². The van der Waals surface area contributed by atoms with Crippen molar-refractivity contribution in [2.45, 2.75) is 25.8 Å². The summed E-state index contributed by atoms with van der Waals surface area (Å²) in [6.45, 7) is 2.41. The third kappa shape index (κ3) is 3.56. The highest BCUT2D eigenvalue weighted by atomic mass is 32.2. The van der Waals surface area contributed by atoms with Crippen LogP contribution in [-0.4, -0.2) is 43.4 Å². The van der Waals surface area contributed by atoms with Gasteiger partial charge in [0.1, 0.15) is 11.8 Å². The summed E-state index contributed by atoms with van der Waals surface area (Å²) in [4.78, 5) is 23.9. The topological polar surface area (TPSA) is 92.8 Å². The molecule has 1 saturated heterocycles. The van der Waals surface area contributed by atoms with Crippen molar-refractivity contribution in [1.82, 2.24) is 4.31 Å². The molecular weight excluding hydrogens is 308 g/mol. The molecule has 2 rings (SSSR count). The molecule has 22 heavy (non-hydrogen) atoms. The molecule has 0 saturated carbocycles. The minimum Gasteiger partial charge on any atom is -0.494 e. The van der Waals surface area contributed by atoms with Gasteiger partial charge in [0.05, 0.1) is 12.9 Å². The van der Waals surface area contributed by atoms with Crippen LogP contribution >= 0.6 is 0 Å². The SMILES string of the molecule is CCOc1ccc(NC(=O)C2CCC(=O)N2S(C)(=O)=O)cc1. The predicted molar refractivity (Wildman–Crippen MR) is 81.0 cm³/mol. The number of benzene rings is 1. The Balaban J connectivity index is 2.10.